The number of nitrogen functional groups attached to an aromatic ring is 1. The summed E-state index contributed by atoms with van der Waals surface area (Å²) in [7, 11) is 0. The predicted molar refractivity (Wildman–Crippen MR) is 114 cm³/mol. The van der Waals surface area contributed by atoms with Crippen LogP contribution in [0, 0.1) is 5.92 Å². The van der Waals surface area contributed by atoms with E-state index in [1.807, 2.05) is 17.0 Å². The van der Waals surface area contributed by atoms with E-state index >= 15 is 0 Å². The van der Waals surface area contributed by atoms with Crippen molar-refractivity contribution in [1.29, 1.82) is 0 Å². The van der Waals surface area contributed by atoms with Crippen LogP contribution in [0.2, 0.25) is 0 Å². The summed E-state index contributed by atoms with van der Waals surface area (Å²) in [6.45, 7) is 5.44. The van der Waals surface area contributed by atoms with Gasteiger partial charge in [-0.25, -0.2) is 0 Å². The van der Waals surface area contributed by atoms with E-state index in [0.29, 0.717) is 30.2 Å². The molecule has 1 aliphatic carbocycles. The number of nitrogens with zero attached hydrogens (tertiary/aromatic N) is 4. The van der Waals surface area contributed by atoms with Crippen molar-refractivity contribution in [1.82, 2.24) is 15.1 Å². The molecule has 0 atom stereocenters. The maximum atomic E-state index is 11.0. The highest BCUT2D eigenvalue weighted by atomic mass is 16.3. The molecule has 1 saturated carbocycles. The van der Waals surface area contributed by atoms with Gasteiger partial charge in [0.2, 0.25) is 5.91 Å². The summed E-state index contributed by atoms with van der Waals surface area (Å²) in [6, 6.07) is 8.80. The third-order valence-corrected chi connectivity index (χ3v) is 5.47. The molecule has 1 saturated heterocycles. The summed E-state index contributed by atoms with van der Waals surface area (Å²) in [5.41, 5.74) is 13.2. The number of amides is 1. The molecular weight excluding hydrogens is 368 g/mol. The van der Waals surface area contributed by atoms with Crippen molar-refractivity contribution in [3.63, 3.8) is 0 Å². The lowest BCUT2D eigenvalue weighted by Gasteiger charge is -2.35. The maximum absolute atomic E-state index is 11.0. The first-order valence-corrected chi connectivity index (χ1v) is 10.1. The molecular formula is C21H30N6O2. The van der Waals surface area contributed by atoms with Crippen molar-refractivity contribution in [2.24, 2.45) is 11.7 Å². The van der Waals surface area contributed by atoms with Gasteiger partial charge in [-0.15, -0.1) is 10.2 Å². The largest absolute Gasteiger partial charge is 0.507 e. The Hall–Kier alpha value is -2.87. The average Bonchev–Trinajstić information content (AvgIpc) is 2.68. The monoisotopic (exact) mass is 398 g/mol. The second-order valence-electron chi connectivity index (χ2n) is 7.78. The zero-order valence-corrected chi connectivity index (χ0v) is 16.9. The van der Waals surface area contributed by atoms with Crippen LogP contribution in [-0.2, 0) is 4.79 Å². The van der Waals surface area contributed by atoms with Gasteiger partial charge in [0.1, 0.15) is 5.75 Å². The number of primary amides is 1. The first kappa shape index (κ1) is 20.9. The third-order valence-electron chi connectivity index (χ3n) is 5.47. The number of phenols is 1. The smallest absolute Gasteiger partial charge is 0.231 e. The molecule has 156 valence electrons. The van der Waals surface area contributed by atoms with Crippen LogP contribution in [-0.4, -0.2) is 58.8 Å². The molecule has 0 unspecified atom stereocenters. The molecule has 8 heteroatoms. The number of aromatic hydroxyl groups is 1. The highest BCUT2D eigenvalue weighted by molar-refractivity contribution is 5.76. The molecule has 0 spiro atoms. The van der Waals surface area contributed by atoms with Crippen molar-refractivity contribution in [2.75, 3.05) is 43.4 Å². The summed E-state index contributed by atoms with van der Waals surface area (Å²) >= 11 is 0. The van der Waals surface area contributed by atoms with Crippen molar-refractivity contribution < 1.29 is 9.90 Å². The SMILES string of the molecule is CC1CCC1.NC(=O)CN1CCN(c2cc(-c3ccccc3O)nnc2N)CC1. The van der Waals surface area contributed by atoms with E-state index in [9.17, 15) is 9.90 Å². The molecule has 5 N–H and O–H groups in total. The Bertz CT molecular complexity index is 832. The number of anilines is 2. The number of hydrogen-bond acceptors (Lipinski definition) is 7. The minimum atomic E-state index is -0.324. The number of hydrogen-bond donors (Lipinski definition) is 3. The lowest BCUT2D eigenvalue weighted by Crippen LogP contribution is -2.49. The number of nitrogens with two attached hydrogens (primary N) is 2. The van der Waals surface area contributed by atoms with Crippen molar-refractivity contribution in [2.45, 2.75) is 26.2 Å². The molecule has 8 nitrogen and oxygen atoms in total. The summed E-state index contributed by atoms with van der Waals surface area (Å²) in [5.74, 6) is 1.23. The quantitative estimate of drug-likeness (QED) is 0.718. The van der Waals surface area contributed by atoms with Crippen LogP contribution < -0.4 is 16.4 Å². The van der Waals surface area contributed by atoms with Crippen LogP contribution in [0.4, 0.5) is 11.5 Å². The van der Waals surface area contributed by atoms with E-state index in [1.54, 1.807) is 18.2 Å². The van der Waals surface area contributed by atoms with Crippen LogP contribution in [0.15, 0.2) is 30.3 Å². The van der Waals surface area contributed by atoms with E-state index in [1.165, 1.54) is 19.3 Å². The standard InChI is InChI=1S/C16H20N6O2.C5H10/c17-15(24)10-21-5-7-22(8-6-21)13-9-12(19-20-16(13)18)11-3-1-2-4-14(11)23;1-5-3-2-4-5/h1-4,9,23H,5-8,10H2,(H2,17,24)(H2,18,20);5H,2-4H2,1H3. The van der Waals surface area contributed by atoms with Gasteiger partial charge in [0.15, 0.2) is 5.82 Å². The Labute approximate surface area is 171 Å². The minimum Gasteiger partial charge on any atom is -0.507 e. The second-order valence-corrected chi connectivity index (χ2v) is 7.78. The number of benzene rings is 1. The average molecular weight is 399 g/mol. The van der Waals surface area contributed by atoms with E-state index in [-0.39, 0.29) is 18.2 Å². The van der Waals surface area contributed by atoms with E-state index in [0.717, 1.165) is 24.7 Å². The zero-order valence-electron chi connectivity index (χ0n) is 16.9. The molecule has 1 aromatic heterocycles. The van der Waals surface area contributed by atoms with Crippen molar-refractivity contribution >= 4 is 17.4 Å². The van der Waals surface area contributed by atoms with Gasteiger partial charge in [0, 0.05) is 31.7 Å². The summed E-state index contributed by atoms with van der Waals surface area (Å²) in [6.07, 6.45) is 4.46. The van der Waals surface area contributed by atoms with Crippen molar-refractivity contribution in [3.05, 3.63) is 30.3 Å². The predicted octanol–water partition coefficient (Wildman–Crippen LogP) is 1.85. The molecule has 0 radical (unpaired) electrons. The van der Waals surface area contributed by atoms with Crippen LogP contribution >= 0.6 is 0 Å². The fourth-order valence-corrected chi connectivity index (χ4v) is 3.45. The van der Waals surface area contributed by atoms with Gasteiger partial charge in [-0.3, -0.25) is 9.69 Å². The number of phenolic OH excluding ortho intramolecular Hbond substituents is 1. The maximum Gasteiger partial charge on any atom is 0.231 e. The third kappa shape index (κ3) is 5.57. The molecule has 29 heavy (non-hydrogen) atoms. The fraction of sp³-hybridized carbons (Fsp3) is 0.476. The Kier molecular flexibility index (Phi) is 6.87. The first-order chi connectivity index (χ1) is 13.9. The van der Waals surface area contributed by atoms with Gasteiger partial charge in [-0.05, 0) is 24.1 Å². The summed E-state index contributed by atoms with van der Waals surface area (Å²) < 4.78 is 0. The molecule has 1 aliphatic heterocycles. The number of para-hydroxylation sites is 1. The Balaban J connectivity index is 0.000000419. The van der Waals surface area contributed by atoms with Crippen LogP contribution in [0.25, 0.3) is 11.3 Å². The highest BCUT2D eigenvalue weighted by Gasteiger charge is 2.21. The van der Waals surface area contributed by atoms with E-state index < -0.39 is 0 Å². The van der Waals surface area contributed by atoms with Gasteiger partial charge in [-0.1, -0.05) is 38.3 Å². The molecule has 1 aromatic carbocycles. The summed E-state index contributed by atoms with van der Waals surface area (Å²) in [4.78, 5) is 15.1. The second kappa shape index (κ2) is 9.56. The Morgan fingerprint density at radius 1 is 1.17 bits per heavy atom. The van der Waals surface area contributed by atoms with Crippen LogP contribution in [0.5, 0.6) is 5.75 Å². The molecule has 2 fully saturated rings. The Morgan fingerprint density at radius 3 is 2.38 bits per heavy atom. The minimum absolute atomic E-state index is 0.147. The van der Waals surface area contributed by atoms with Crippen LogP contribution in [0.3, 0.4) is 0 Å². The zero-order chi connectivity index (χ0) is 20.8. The molecule has 0 bridgehead atoms. The van der Waals surface area contributed by atoms with E-state index in [4.69, 9.17) is 11.5 Å². The van der Waals surface area contributed by atoms with Gasteiger partial charge in [0.05, 0.1) is 17.9 Å². The lowest BCUT2D eigenvalue weighted by atomic mass is 9.88. The van der Waals surface area contributed by atoms with Crippen LogP contribution in [0.1, 0.15) is 26.2 Å². The number of rotatable bonds is 4. The van der Waals surface area contributed by atoms with E-state index in [2.05, 4.69) is 22.0 Å². The van der Waals surface area contributed by atoms with Gasteiger partial charge in [-0.2, -0.15) is 0 Å². The summed E-state index contributed by atoms with van der Waals surface area (Å²) in [5, 5.41) is 18.1. The molecule has 4 rings (SSSR count). The number of carbonyl (C=O) groups is 1. The van der Waals surface area contributed by atoms with Gasteiger partial charge < -0.3 is 21.5 Å². The molecule has 2 heterocycles. The van der Waals surface area contributed by atoms with Crippen molar-refractivity contribution in [3.8, 4) is 17.0 Å². The highest BCUT2D eigenvalue weighted by Crippen LogP contribution is 2.31. The van der Waals surface area contributed by atoms with Gasteiger partial charge >= 0.3 is 0 Å². The van der Waals surface area contributed by atoms with Gasteiger partial charge in [0.25, 0.3) is 0 Å². The fourth-order valence-electron chi connectivity index (χ4n) is 3.45. The molecule has 2 aliphatic rings. The topological polar surface area (TPSA) is 122 Å². The molecule has 2 aromatic rings. The number of carbonyl (C=O) groups excluding carboxylic acids is 1. The number of piperazine rings is 1. The number of aromatic nitrogens is 2. The Morgan fingerprint density at radius 2 is 1.83 bits per heavy atom. The normalized spacial score (nSPS) is 17.2. The lowest BCUT2D eigenvalue weighted by molar-refractivity contribution is -0.119. The first-order valence-electron chi connectivity index (χ1n) is 10.1. The molecule has 1 amide bonds.